The Morgan fingerprint density at radius 3 is 3.04 bits per heavy atom. The number of carbonyl (C=O) groups is 1. The van der Waals surface area contributed by atoms with Gasteiger partial charge in [-0.05, 0) is 19.0 Å². The average Bonchev–Trinajstić information content (AvgIpc) is 3.18. The number of urea groups is 1. The van der Waals surface area contributed by atoms with Gasteiger partial charge in [0, 0.05) is 24.8 Å². The standard InChI is InChI=1S/C16H20FN5O2/c17-14-4-2-1-3-12(14)8-22-9-13(7-20-22)21-15(23)19-11-16(24)5-6-18-10-16/h1-4,7,9,18,24H,5-6,8,10-11H2,(H2,19,21,23)/t16-/m1/s1. The summed E-state index contributed by atoms with van der Waals surface area (Å²) in [6.45, 7) is 1.66. The number of anilines is 1. The second kappa shape index (κ2) is 6.98. The Kier molecular flexibility index (Phi) is 4.77. The summed E-state index contributed by atoms with van der Waals surface area (Å²) in [6.07, 6.45) is 3.72. The lowest BCUT2D eigenvalue weighted by molar-refractivity contribution is 0.0640. The van der Waals surface area contributed by atoms with Crippen molar-refractivity contribution >= 4 is 11.7 Å². The van der Waals surface area contributed by atoms with E-state index in [1.807, 2.05) is 0 Å². The van der Waals surface area contributed by atoms with Gasteiger partial charge in [-0.15, -0.1) is 0 Å². The zero-order chi connectivity index (χ0) is 17.0. The van der Waals surface area contributed by atoms with Crippen molar-refractivity contribution in [2.45, 2.75) is 18.6 Å². The molecule has 1 aliphatic rings. The van der Waals surface area contributed by atoms with Gasteiger partial charge in [0.1, 0.15) is 5.82 Å². The highest BCUT2D eigenvalue weighted by Crippen LogP contribution is 2.13. The fraction of sp³-hybridized carbons (Fsp3) is 0.375. The van der Waals surface area contributed by atoms with Gasteiger partial charge in [0.05, 0.1) is 24.0 Å². The van der Waals surface area contributed by atoms with Crippen molar-refractivity contribution in [1.29, 1.82) is 0 Å². The first-order chi connectivity index (χ1) is 11.5. The monoisotopic (exact) mass is 333 g/mol. The molecule has 0 unspecified atom stereocenters. The molecule has 3 rings (SSSR count). The van der Waals surface area contributed by atoms with E-state index in [0.717, 1.165) is 6.54 Å². The number of amides is 2. The molecule has 2 heterocycles. The van der Waals surface area contributed by atoms with Gasteiger partial charge in [0.25, 0.3) is 0 Å². The van der Waals surface area contributed by atoms with Crippen LogP contribution in [-0.2, 0) is 6.54 Å². The lowest BCUT2D eigenvalue weighted by Gasteiger charge is -2.21. The van der Waals surface area contributed by atoms with Crippen molar-refractivity contribution in [2.75, 3.05) is 25.0 Å². The number of β-amino-alcohol motifs (C(OH)–C–C–N with tert-alkyl or cyclic N) is 1. The van der Waals surface area contributed by atoms with E-state index in [0.29, 0.717) is 24.2 Å². The van der Waals surface area contributed by atoms with Crippen LogP contribution in [0.15, 0.2) is 36.7 Å². The zero-order valence-electron chi connectivity index (χ0n) is 13.1. The number of aliphatic hydroxyl groups is 1. The first kappa shape index (κ1) is 16.4. The zero-order valence-corrected chi connectivity index (χ0v) is 13.1. The Bertz CT molecular complexity index is 712. The van der Waals surface area contributed by atoms with Gasteiger partial charge >= 0.3 is 6.03 Å². The summed E-state index contributed by atoms with van der Waals surface area (Å²) < 4.78 is 15.2. The molecule has 1 aromatic carbocycles. The van der Waals surface area contributed by atoms with Crippen molar-refractivity contribution in [1.82, 2.24) is 20.4 Å². The fourth-order valence-electron chi connectivity index (χ4n) is 2.62. The number of aromatic nitrogens is 2. The van der Waals surface area contributed by atoms with E-state index in [2.05, 4.69) is 21.0 Å². The van der Waals surface area contributed by atoms with Crippen molar-refractivity contribution in [3.05, 3.63) is 48.0 Å². The van der Waals surface area contributed by atoms with Crippen LogP contribution < -0.4 is 16.0 Å². The number of carbonyl (C=O) groups excluding carboxylic acids is 1. The molecule has 0 radical (unpaired) electrons. The second-order valence-corrected chi connectivity index (χ2v) is 5.98. The van der Waals surface area contributed by atoms with Gasteiger partial charge in [-0.25, -0.2) is 9.18 Å². The molecular weight excluding hydrogens is 313 g/mol. The van der Waals surface area contributed by atoms with Crippen molar-refractivity contribution in [2.24, 2.45) is 0 Å². The molecule has 8 heteroatoms. The summed E-state index contributed by atoms with van der Waals surface area (Å²) in [6, 6.07) is 6.06. The van der Waals surface area contributed by atoms with Gasteiger partial charge in [-0.2, -0.15) is 5.10 Å². The molecular formula is C16H20FN5O2. The number of nitrogens with one attached hydrogen (secondary N) is 3. The number of benzene rings is 1. The highest BCUT2D eigenvalue weighted by molar-refractivity contribution is 5.88. The lowest BCUT2D eigenvalue weighted by Crippen LogP contribution is -2.45. The topological polar surface area (TPSA) is 91.2 Å². The molecule has 1 atom stereocenters. The largest absolute Gasteiger partial charge is 0.387 e. The van der Waals surface area contributed by atoms with E-state index < -0.39 is 11.6 Å². The molecule has 24 heavy (non-hydrogen) atoms. The third-order valence-corrected chi connectivity index (χ3v) is 3.98. The minimum atomic E-state index is -0.896. The molecule has 0 spiro atoms. The summed E-state index contributed by atoms with van der Waals surface area (Å²) in [7, 11) is 0. The van der Waals surface area contributed by atoms with Crippen LogP contribution in [0.3, 0.4) is 0 Å². The van der Waals surface area contributed by atoms with E-state index in [9.17, 15) is 14.3 Å². The minimum Gasteiger partial charge on any atom is -0.387 e. The number of rotatable bonds is 5. The van der Waals surface area contributed by atoms with Crippen molar-refractivity contribution < 1.29 is 14.3 Å². The first-order valence-electron chi connectivity index (χ1n) is 7.78. The van der Waals surface area contributed by atoms with Gasteiger partial charge in [-0.1, -0.05) is 18.2 Å². The maximum absolute atomic E-state index is 13.6. The second-order valence-electron chi connectivity index (χ2n) is 5.98. The van der Waals surface area contributed by atoms with E-state index in [-0.39, 0.29) is 18.9 Å². The summed E-state index contributed by atoms with van der Waals surface area (Å²) in [4.78, 5) is 11.9. The Hall–Kier alpha value is -2.45. The molecule has 0 aliphatic carbocycles. The molecule has 7 nitrogen and oxygen atoms in total. The number of hydrogen-bond donors (Lipinski definition) is 4. The van der Waals surface area contributed by atoms with E-state index in [4.69, 9.17) is 0 Å². The van der Waals surface area contributed by atoms with Gasteiger partial charge in [0.15, 0.2) is 0 Å². The molecule has 1 fully saturated rings. The number of hydrogen-bond acceptors (Lipinski definition) is 4. The van der Waals surface area contributed by atoms with Gasteiger partial charge in [0.2, 0.25) is 0 Å². The van der Waals surface area contributed by atoms with E-state index in [1.54, 1.807) is 29.1 Å². The summed E-state index contributed by atoms with van der Waals surface area (Å²) in [5.74, 6) is -0.293. The Morgan fingerprint density at radius 1 is 1.46 bits per heavy atom. The highest BCUT2D eigenvalue weighted by Gasteiger charge is 2.31. The van der Waals surface area contributed by atoms with Gasteiger partial charge < -0.3 is 21.1 Å². The minimum absolute atomic E-state index is 0.176. The molecule has 0 bridgehead atoms. The predicted molar refractivity (Wildman–Crippen MR) is 87.2 cm³/mol. The van der Waals surface area contributed by atoms with Crippen LogP contribution in [0.2, 0.25) is 0 Å². The van der Waals surface area contributed by atoms with Crippen LogP contribution in [0.1, 0.15) is 12.0 Å². The fourth-order valence-corrected chi connectivity index (χ4v) is 2.62. The molecule has 128 valence electrons. The van der Waals surface area contributed by atoms with Crippen LogP contribution in [-0.4, -0.2) is 46.2 Å². The number of halogens is 1. The van der Waals surface area contributed by atoms with Crippen LogP contribution in [0, 0.1) is 5.82 Å². The Morgan fingerprint density at radius 2 is 2.29 bits per heavy atom. The lowest BCUT2D eigenvalue weighted by atomic mass is 10.0. The smallest absolute Gasteiger partial charge is 0.319 e. The normalized spacial score (nSPS) is 20.1. The van der Waals surface area contributed by atoms with Crippen LogP contribution in [0.25, 0.3) is 0 Å². The maximum atomic E-state index is 13.6. The predicted octanol–water partition coefficient (Wildman–Crippen LogP) is 0.916. The van der Waals surface area contributed by atoms with Gasteiger partial charge in [-0.3, -0.25) is 4.68 Å². The third-order valence-electron chi connectivity index (χ3n) is 3.98. The first-order valence-corrected chi connectivity index (χ1v) is 7.78. The van der Waals surface area contributed by atoms with Crippen LogP contribution in [0.4, 0.5) is 14.9 Å². The summed E-state index contributed by atoms with van der Waals surface area (Å²) in [5.41, 5.74) is 0.125. The molecule has 2 aromatic rings. The third kappa shape index (κ3) is 4.09. The quantitative estimate of drug-likeness (QED) is 0.655. The van der Waals surface area contributed by atoms with Crippen molar-refractivity contribution in [3.8, 4) is 0 Å². The Balaban J connectivity index is 1.52. The summed E-state index contributed by atoms with van der Waals surface area (Å²) >= 11 is 0. The highest BCUT2D eigenvalue weighted by atomic mass is 19.1. The molecule has 1 aromatic heterocycles. The molecule has 1 saturated heterocycles. The molecule has 0 saturated carbocycles. The number of nitrogens with zero attached hydrogens (tertiary/aromatic N) is 2. The van der Waals surface area contributed by atoms with E-state index >= 15 is 0 Å². The molecule has 2 amide bonds. The van der Waals surface area contributed by atoms with E-state index in [1.165, 1.54) is 12.3 Å². The van der Waals surface area contributed by atoms with Crippen LogP contribution >= 0.6 is 0 Å². The molecule has 1 aliphatic heterocycles. The maximum Gasteiger partial charge on any atom is 0.319 e. The Labute approximate surface area is 138 Å². The molecule has 4 N–H and O–H groups in total. The average molecular weight is 333 g/mol. The SMILES string of the molecule is O=C(NC[C@@]1(O)CCNC1)Nc1cnn(Cc2ccccc2F)c1. The van der Waals surface area contributed by atoms with Crippen molar-refractivity contribution in [3.63, 3.8) is 0 Å². The van der Waals surface area contributed by atoms with Crippen LogP contribution in [0.5, 0.6) is 0 Å². The summed E-state index contributed by atoms with van der Waals surface area (Å²) in [5, 5.41) is 22.6.